The van der Waals surface area contributed by atoms with Gasteiger partial charge in [-0.3, -0.25) is 19.6 Å². The SMILES string of the molecule is Cc1c(COc2cc(OCc3cncc(C=N)c3)c(CN[C@H](CC(=O)O)Cc3ccc(I)cc3)cc2Cl)cccc1-c1cccc(COc2cc(OCc3cncc(C=N)c3)c(CN[C@H](CC(=O)O)Cc3ccc(I)cc3)cc2Cl)c1C. The maximum Gasteiger partial charge on any atom is 0.304 e. The van der Waals surface area contributed by atoms with Gasteiger partial charge in [0.15, 0.2) is 0 Å². The number of carbonyl (C=O) groups is 2. The first-order chi connectivity index (χ1) is 39.6. The first kappa shape index (κ1) is 61.1. The number of aromatic nitrogens is 2. The standard InChI is InChI=1S/C64H60Cl2I2N6O8/c1-39-47(37-81-61-25-59(79-35-45-17-43(27-69)29-71-31-45)49(21-57(61)65)33-73-53(23-63(75)76)19-41-9-13-51(67)14-10-41)5-3-7-55(39)56-8-4-6-48(40(56)2)38-82-62-26-60(80-36-46-18-44(28-70)30-72-32-46)50(22-58(62)66)34-74-54(24-64(77)78)20-42-11-15-52(68)16-12-42/h3-18,21-22,25-32,53-54,69-70,73-74H,19-20,23-24,33-38H2,1-2H3,(H,75,76)(H,77,78)/t53-,54-/m0/s1. The highest BCUT2D eigenvalue weighted by Gasteiger charge is 2.21. The van der Waals surface area contributed by atoms with E-state index in [4.69, 9.17) is 53.0 Å². The third-order valence-corrected chi connectivity index (χ3v) is 15.8. The molecule has 0 unspecified atom stereocenters. The predicted octanol–water partition coefficient (Wildman–Crippen LogP) is 13.9. The zero-order valence-electron chi connectivity index (χ0n) is 45.0. The zero-order chi connectivity index (χ0) is 58.1. The number of ether oxygens (including phenoxy) is 4. The fourth-order valence-electron chi connectivity index (χ4n) is 9.32. The number of carboxylic acid groups (broad SMARTS) is 2. The van der Waals surface area contributed by atoms with Gasteiger partial charge in [0.1, 0.15) is 49.4 Å². The lowest BCUT2D eigenvalue weighted by Gasteiger charge is -2.21. The molecule has 0 aliphatic heterocycles. The molecule has 0 spiro atoms. The molecule has 0 aliphatic rings. The Balaban J connectivity index is 0.994. The van der Waals surface area contributed by atoms with Crippen LogP contribution >= 0.6 is 68.4 Å². The van der Waals surface area contributed by atoms with Gasteiger partial charge in [-0.15, -0.1) is 0 Å². The number of benzene rings is 6. The molecule has 422 valence electrons. The van der Waals surface area contributed by atoms with Crippen LogP contribution in [0.2, 0.25) is 10.0 Å². The Morgan fingerprint density at radius 1 is 0.524 bits per heavy atom. The van der Waals surface area contributed by atoms with E-state index in [1.165, 1.54) is 12.4 Å². The van der Waals surface area contributed by atoms with Crippen molar-refractivity contribution in [3.05, 3.63) is 230 Å². The van der Waals surface area contributed by atoms with Gasteiger partial charge in [0.25, 0.3) is 0 Å². The smallest absolute Gasteiger partial charge is 0.304 e. The minimum absolute atomic E-state index is 0.0886. The van der Waals surface area contributed by atoms with Crippen LogP contribution in [0.1, 0.15) is 79.6 Å². The third kappa shape index (κ3) is 17.5. The first-order valence-electron chi connectivity index (χ1n) is 26.2. The van der Waals surface area contributed by atoms with Gasteiger partial charge in [0.2, 0.25) is 0 Å². The molecule has 0 bridgehead atoms. The Kier molecular flexibility index (Phi) is 22.3. The molecular weight excluding hydrogens is 1310 g/mol. The first-order valence-corrected chi connectivity index (χ1v) is 29.1. The molecule has 0 amide bonds. The van der Waals surface area contributed by atoms with Crippen LogP contribution in [0.3, 0.4) is 0 Å². The quantitative estimate of drug-likeness (QED) is 0.0191. The summed E-state index contributed by atoms with van der Waals surface area (Å²) in [6, 6.07) is 38.2. The Bertz CT molecular complexity index is 3320. The highest BCUT2D eigenvalue weighted by Crippen LogP contribution is 2.38. The summed E-state index contributed by atoms with van der Waals surface area (Å²) in [5, 5.41) is 42.7. The molecule has 14 nitrogen and oxygen atoms in total. The molecule has 2 atom stereocenters. The number of nitrogens with one attached hydrogen (secondary N) is 4. The van der Waals surface area contributed by atoms with Crippen molar-refractivity contribution >= 4 is 92.8 Å². The molecule has 18 heteroatoms. The molecule has 82 heavy (non-hydrogen) atoms. The lowest BCUT2D eigenvalue weighted by atomic mass is 9.92. The van der Waals surface area contributed by atoms with Crippen molar-refractivity contribution in [1.29, 1.82) is 10.8 Å². The second kappa shape index (κ2) is 29.9. The van der Waals surface area contributed by atoms with Crippen LogP contribution < -0.4 is 29.6 Å². The topological polar surface area (TPSA) is 209 Å². The van der Waals surface area contributed by atoms with Crippen molar-refractivity contribution in [3.63, 3.8) is 0 Å². The monoisotopic (exact) mass is 1360 g/mol. The van der Waals surface area contributed by atoms with Gasteiger partial charge in [-0.2, -0.15) is 0 Å². The molecule has 2 heterocycles. The van der Waals surface area contributed by atoms with E-state index in [9.17, 15) is 19.8 Å². The van der Waals surface area contributed by atoms with Gasteiger partial charge < -0.3 is 50.6 Å². The van der Waals surface area contributed by atoms with Crippen LogP contribution in [0, 0.1) is 31.8 Å². The molecule has 8 rings (SSSR count). The lowest BCUT2D eigenvalue weighted by molar-refractivity contribution is -0.138. The summed E-state index contributed by atoms with van der Waals surface area (Å²) >= 11 is 18.5. The van der Waals surface area contributed by atoms with Gasteiger partial charge in [0.05, 0.1) is 22.9 Å². The Morgan fingerprint density at radius 3 is 1.29 bits per heavy atom. The van der Waals surface area contributed by atoms with E-state index in [1.807, 2.05) is 84.9 Å². The fourth-order valence-corrected chi connectivity index (χ4v) is 10.5. The van der Waals surface area contributed by atoms with E-state index in [2.05, 4.69) is 91.8 Å². The zero-order valence-corrected chi connectivity index (χ0v) is 50.8. The second-order valence-electron chi connectivity index (χ2n) is 19.7. The van der Waals surface area contributed by atoms with Crippen molar-refractivity contribution in [2.45, 2.75) is 91.1 Å². The van der Waals surface area contributed by atoms with E-state index >= 15 is 0 Å². The predicted molar refractivity (Wildman–Crippen MR) is 337 cm³/mol. The summed E-state index contributed by atoms with van der Waals surface area (Å²) in [4.78, 5) is 32.5. The average molecular weight is 1370 g/mol. The molecule has 8 aromatic rings. The van der Waals surface area contributed by atoms with Crippen LogP contribution in [0.4, 0.5) is 0 Å². The van der Waals surface area contributed by atoms with Crippen LogP contribution in [0.15, 0.2) is 146 Å². The van der Waals surface area contributed by atoms with E-state index in [1.54, 1.807) is 49.1 Å². The van der Waals surface area contributed by atoms with Crippen LogP contribution in [0.5, 0.6) is 23.0 Å². The summed E-state index contributed by atoms with van der Waals surface area (Å²) in [7, 11) is 0. The number of aliphatic carboxylic acids is 2. The average Bonchev–Trinajstić information content (AvgIpc) is 3.49. The summed E-state index contributed by atoms with van der Waals surface area (Å²) < 4.78 is 28.0. The minimum atomic E-state index is -0.912. The molecule has 0 radical (unpaired) electrons. The minimum Gasteiger partial charge on any atom is -0.488 e. The van der Waals surface area contributed by atoms with Gasteiger partial charge in [-0.1, -0.05) is 83.9 Å². The summed E-state index contributed by atoms with van der Waals surface area (Å²) in [5.74, 6) is -0.0363. The van der Waals surface area contributed by atoms with Gasteiger partial charge >= 0.3 is 11.9 Å². The Morgan fingerprint density at radius 2 is 0.915 bits per heavy atom. The molecule has 6 aromatic carbocycles. The molecule has 2 aromatic heterocycles. The van der Waals surface area contributed by atoms with Crippen LogP contribution in [0.25, 0.3) is 11.1 Å². The molecule has 0 saturated carbocycles. The van der Waals surface area contributed by atoms with Crippen LogP contribution in [-0.4, -0.2) is 56.6 Å². The van der Waals surface area contributed by atoms with Crippen LogP contribution in [-0.2, 0) is 61.9 Å². The van der Waals surface area contributed by atoms with E-state index in [0.29, 0.717) is 68.1 Å². The molecular formula is C64H60Cl2I2N6O8. The van der Waals surface area contributed by atoms with E-state index in [0.717, 1.165) is 62.8 Å². The maximum atomic E-state index is 12.0. The van der Waals surface area contributed by atoms with Crippen molar-refractivity contribution in [2.24, 2.45) is 0 Å². The van der Waals surface area contributed by atoms with Gasteiger partial charge in [-0.25, -0.2) is 0 Å². The largest absolute Gasteiger partial charge is 0.488 e. The van der Waals surface area contributed by atoms with E-state index < -0.39 is 11.9 Å². The summed E-state index contributed by atoms with van der Waals surface area (Å²) in [5.41, 5.74) is 12.1. The Hall–Kier alpha value is -6.94. The lowest BCUT2D eigenvalue weighted by Crippen LogP contribution is -2.33. The molecule has 0 aliphatic carbocycles. The number of hydrogen-bond acceptors (Lipinski definition) is 12. The molecule has 0 saturated heterocycles. The number of carboxylic acids is 2. The summed E-state index contributed by atoms with van der Waals surface area (Å²) in [6.45, 7) is 5.32. The normalized spacial score (nSPS) is 11.8. The number of rotatable bonds is 29. The Labute approximate surface area is 514 Å². The van der Waals surface area contributed by atoms with Crippen molar-refractivity contribution in [3.8, 4) is 34.1 Å². The highest BCUT2D eigenvalue weighted by atomic mass is 127. The fraction of sp³-hybridized carbons (Fsp3) is 0.219. The number of halogens is 4. The number of hydrogen-bond donors (Lipinski definition) is 6. The second-order valence-corrected chi connectivity index (χ2v) is 23.0. The van der Waals surface area contributed by atoms with Gasteiger partial charge in [0, 0.05) is 115 Å². The van der Waals surface area contributed by atoms with Gasteiger partial charge in [-0.05, 0) is 165 Å². The number of pyridine rings is 2. The highest BCUT2D eigenvalue weighted by molar-refractivity contribution is 14.1. The maximum absolute atomic E-state index is 12.0. The molecule has 6 N–H and O–H groups in total. The summed E-state index contributed by atoms with van der Waals surface area (Å²) in [6.07, 6.45) is 9.85. The van der Waals surface area contributed by atoms with E-state index in [-0.39, 0.29) is 64.4 Å². The van der Waals surface area contributed by atoms with Crippen molar-refractivity contribution in [2.75, 3.05) is 0 Å². The van der Waals surface area contributed by atoms with Crippen molar-refractivity contribution < 1.29 is 38.7 Å². The van der Waals surface area contributed by atoms with Crippen molar-refractivity contribution in [1.82, 2.24) is 20.6 Å². The number of nitrogens with zero attached hydrogens (tertiary/aromatic N) is 2. The molecule has 0 fully saturated rings. The third-order valence-electron chi connectivity index (χ3n) is 13.7.